The Hall–Kier alpha value is -4.51. The molecule has 3 aromatic carbocycles. The molecule has 0 saturated carbocycles. The van der Waals surface area contributed by atoms with Gasteiger partial charge in [0.05, 0.1) is 50.2 Å². The number of Topliss-reactive ketones (excluding diaryl/α,β-unsaturated/α-hetero) is 1. The number of carbonyl (C=O) groups is 1. The molecule has 0 fully saturated rings. The number of aromatic hydroxyl groups is 1. The number of hydrogen-bond donors (Lipinski definition) is 1. The van der Waals surface area contributed by atoms with Crippen molar-refractivity contribution >= 4 is 5.78 Å². The summed E-state index contributed by atoms with van der Waals surface area (Å²) in [6.07, 6.45) is 1.07. The molecule has 4 aliphatic rings. The summed E-state index contributed by atoms with van der Waals surface area (Å²) in [6.45, 7) is 0. The summed E-state index contributed by atoms with van der Waals surface area (Å²) in [7, 11) is 7.26. The highest BCUT2D eigenvalue weighted by Crippen LogP contribution is 2.70. The van der Waals surface area contributed by atoms with Crippen LogP contribution < -0.4 is 14.2 Å². The van der Waals surface area contributed by atoms with Crippen LogP contribution in [0, 0.1) is 0 Å². The largest absolute Gasteiger partial charge is 0.504 e. The number of benzene rings is 3. The predicted molar refractivity (Wildman–Crippen MR) is 160 cm³/mol. The Morgan fingerprint density at radius 1 is 0.844 bits per heavy atom. The van der Waals surface area contributed by atoms with Gasteiger partial charge in [-0.3, -0.25) is 4.79 Å². The summed E-state index contributed by atoms with van der Waals surface area (Å²) in [6, 6.07) is 19.4. The van der Waals surface area contributed by atoms with Crippen LogP contribution >= 0.6 is 0 Å². The zero-order valence-electron chi connectivity index (χ0n) is 25.6. The smallest absolute Gasteiger partial charge is 0.283 e. The number of methoxy groups -OCH3 is 5. The van der Waals surface area contributed by atoms with E-state index in [-0.39, 0.29) is 45.7 Å². The average Bonchev–Trinajstić information content (AvgIpc) is 3.38. The minimum atomic E-state index is -1.93. The van der Waals surface area contributed by atoms with Gasteiger partial charge in [-0.25, -0.2) is 0 Å². The number of phenolic OH excluding ortho intramolecular Hbond substituents is 1. The van der Waals surface area contributed by atoms with Crippen molar-refractivity contribution in [3.05, 3.63) is 106 Å². The fourth-order valence-electron chi connectivity index (χ4n) is 7.22. The zero-order valence-corrected chi connectivity index (χ0v) is 25.6. The third-order valence-corrected chi connectivity index (χ3v) is 9.17. The van der Waals surface area contributed by atoms with Crippen LogP contribution in [-0.4, -0.2) is 52.2 Å². The summed E-state index contributed by atoms with van der Waals surface area (Å²) in [5.41, 5.74) is 0.735. The first-order chi connectivity index (χ1) is 21.9. The van der Waals surface area contributed by atoms with Crippen molar-refractivity contribution in [2.45, 2.75) is 42.5 Å². The van der Waals surface area contributed by atoms with E-state index in [1.54, 1.807) is 13.2 Å². The molecule has 10 heteroatoms. The van der Waals surface area contributed by atoms with Gasteiger partial charge in [-0.2, -0.15) is 0 Å². The second kappa shape index (κ2) is 10.8. The number of ether oxygens (including phenoxy) is 8. The number of fused-ring (bicyclic) bond motifs is 4. The second-order valence-corrected chi connectivity index (χ2v) is 11.2. The summed E-state index contributed by atoms with van der Waals surface area (Å²) >= 11 is 0. The van der Waals surface area contributed by atoms with Crippen molar-refractivity contribution in [2.75, 3.05) is 35.5 Å². The Balaban J connectivity index is 1.53. The summed E-state index contributed by atoms with van der Waals surface area (Å²) in [5.74, 6) is -2.36. The molecule has 3 aromatic rings. The fraction of sp³-hybridized carbons (Fsp3) is 0.343. The van der Waals surface area contributed by atoms with E-state index in [1.165, 1.54) is 28.4 Å². The third kappa shape index (κ3) is 3.82. The molecule has 0 amide bonds. The van der Waals surface area contributed by atoms with Gasteiger partial charge < -0.3 is 43.0 Å². The first-order valence-electron chi connectivity index (χ1n) is 14.7. The van der Waals surface area contributed by atoms with Gasteiger partial charge in [-0.15, -0.1) is 0 Å². The van der Waals surface area contributed by atoms with E-state index in [0.717, 1.165) is 11.1 Å². The molecule has 7 rings (SSSR count). The molecule has 45 heavy (non-hydrogen) atoms. The molecule has 0 bridgehead atoms. The maximum Gasteiger partial charge on any atom is 0.283 e. The van der Waals surface area contributed by atoms with Crippen molar-refractivity contribution in [2.24, 2.45) is 0 Å². The molecule has 1 spiro atoms. The minimum absolute atomic E-state index is 0.0210. The Labute approximate surface area is 260 Å². The number of phenols is 1. The molecule has 1 aliphatic carbocycles. The highest BCUT2D eigenvalue weighted by molar-refractivity contribution is 6.11. The molecule has 3 heterocycles. The van der Waals surface area contributed by atoms with Gasteiger partial charge in [-0.05, 0) is 17.5 Å². The van der Waals surface area contributed by atoms with Crippen LogP contribution in [0.15, 0.2) is 83.8 Å². The molecule has 0 radical (unpaired) electrons. The average molecular weight is 615 g/mol. The maximum absolute atomic E-state index is 14.1. The molecule has 0 aromatic heterocycles. The summed E-state index contributed by atoms with van der Waals surface area (Å²) in [4.78, 5) is 14.1. The predicted octanol–water partition coefficient (Wildman–Crippen LogP) is 5.72. The number of hydrogen-bond acceptors (Lipinski definition) is 10. The Morgan fingerprint density at radius 3 is 2.09 bits per heavy atom. The van der Waals surface area contributed by atoms with Gasteiger partial charge >= 0.3 is 0 Å². The molecule has 0 unspecified atom stereocenters. The molecule has 10 nitrogen and oxygen atoms in total. The van der Waals surface area contributed by atoms with Crippen molar-refractivity contribution < 1.29 is 47.8 Å². The van der Waals surface area contributed by atoms with Crippen LogP contribution in [0.4, 0.5) is 0 Å². The van der Waals surface area contributed by atoms with E-state index in [2.05, 4.69) is 0 Å². The molecule has 3 aliphatic heterocycles. The quantitative estimate of drug-likeness (QED) is 0.355. The summed E-state index contributed by atoms with van der Waals surface area (Å²) in [5, 5.41) is 12.1. The van der Waals surface area contributed by atoms with Crippen molar-refractivity contribution in [3.8, 4) is 23.0 Å². The van der Waals surface area contributed by atoms with E-state index in [4.69, 9.17) is 37.9 Å². The van der Waals surface area contributed by atoms with E-state index in [9.17, 15) is 9.90 Å². The van der Waals surface area contributed by atoms with Gasteiger partial charge in [0.15, 0.2) is 17.3 Å². The van der Waals surface area contributed by atoms with Crippen molar-refractivity contribution in [1.29, 1.82) is 0 Å². The minimum Gasteiger partial charge on any atom is -0.504 e. The highest BCUT2D eigenvalue weighted by Gasteiger charge is 2.76. The van der Waals surface area contributed by atoms with Gasteiger partial charge in [0.2, 0.25) is 22.9 Å². The van der Waals surface area contributed by atoms with Gasteiger partial charge in [0.25, 0.3) is 5.79 Å². The highest BCUT2D eigenvalue weighted by atomic mass is 16.7. The second-order valence-electron chi connectivity index (χ2n) is 11.2. The van der Waals surface area contributed by atoms with Crippen LogP contribution in [0.1, 0.15) is 53.4 Å². The first kappa shape index (κ1) is 29.2. The Bertz CT molecular complexity index is 1720. The lowest BCUT2D eigenvalue weighted by atomic mass is 9.72. The number of ketones is 1. The van der Waals surface area contributed by atoms with Gasteiger partial charge in [-0.1, -0.05) is 66.7 Å². The first-order valence-corrected chi connectivity index (χ1v) is 14.7. The standard InChI is InChI=1S/C35H34O10/c1-38-24-18-23(20-14-10-7-11-15-20)43-30-25(24)29-26(28(37)31(30)39-2)34(42-5)33(41-4)32(40-3)27(36)21-16-17-22(44-35(21,34)45-29)19-12-8-6-9-13-19/h6-16,22-24,37H,17-18H2,1-5H3/t22-,23-,24-,34+,35+/m0/s1. The zero-order chi connectivity index (χ0) is 31.5. The van der Waals surface area contributed by atoms with Gasteiger partial charge in [0, 0.05) is 20.6 Å². The van der Waals surface area contributed by atoms with E-state index >= 15 is 0 Å². The topological polar surface area (TPSA) is 111 Å². The SMILES string of the molecule is COC1=C(OC)[C@]2(OC)c3c(O)c(OC)c4c(c3O[C@@]23O[C@H](c2ccccc2)CC=C3C1=O)[C@@H](OC)C[C@@H](c1ccccc1)O4. The Morgan fingerprint density at radius 2 is 1.51 bits per heavy atom. The molecule has 0 saturated heterocycles. The number of rotatable bonds is 7. The Kier molecular flexibility index (Phi) is 7.03. The molecular formula is C35H34O10. The van der Waals surface area contributed by atoms with Crippen LogP contribution in [-0.2, 0) is 34.1 Å². The van der Waals surface area contributed by atoms with Crippen LogP contribution in [0.2, 0.25) is 0 Å². The lowest BCUT2D eigenvalue weighted by molar-refractivity contribution is -0.281. The fourth-order valence-corrected chi connectivity index (χ4v) is 7.22. The van der Waals surface area contributed by atoms with Crippen LogP contribution in [0.5, 0.6) is 23.0 Å². The monoisotopic (exact) mass is 614 g/mol. The van der Waals surface area contributed by atoms with Crippen molar-refractivity contribution in [1.82, 2.24) is 0 Å². The number of carbonyl (C=O) groups excluding carboxylic acids is 1. The lowest BCUT2D eigenvalue weighted by Gasteiger charge is -2.49. The molecule has 1 N–H and O–H groups in total. The number of allylic oxidation sites excluding steroid dienone is 1. The molecule has 234 valence electrons. The normalized spacial score (nSPS) is 28.1. The van der Waals surface area contributed by atoms with Crippen molar-refractivity contribution in [3.63, 3.8) is 0 Å². The summed E-state index contributed by atoms with van der Waals surface area (Å²) < 4.78 is 50.2. The third-order valence-electron chi connectivity index (χ3n) is 9.17. The van der Waals surface area contributed by atoms with Crippen LogP contribution in [0.25, 0.3) is 0 Å². The van der Waals surface area contributed by atoms with Crippen LogP contribution in [0.3, 0.4) is 0 Å². The molecular weight excluding hydrogens is 580 g/mol. The maximum atomic E-state index is 14.1. The lowest BCUT2D eigenvalue weighted by Crippen LogP contribution is -2.63. The van der Waals surface area contributed by atoms with Gasteiger partial charge in [0.1, 0.15) is 11.9 Å². The molecule has 5 atom stereocenters. The van der Waals surface area contributed by atoms with E-state index in [1.807, 2.05) is 60.7 Å². The van der Waals surface area contributed by atoms with E-state index < -0.39 is 35.5 Å². The van der Waals surface area contributed by atoms with E-state index in [0.29, 0.717) is 18.4 Å².